The Labute approximate surface area is 110 Å². The molecule has 0 atom stereocenters. The van der Waals surface area contributed by atoms with Crippen molar-refractivity contribution in [1.82, 2.24) is 5.16 Å². The van der Waals surface area contributed by atoms with E-state index in [1.54, 1.807) is 6.07 Å². The first-order valence-corrected chi connectivity index (χ1v) is 5.59. The van der Waals surface area contributed by atoms with E-state index >= 15 is 0 Å². The maximum absolute atomic E-state index is 10.7. The van der Waals surface area contributed by atoms with Gasteiger partial charge in [-0.2, -0.15) is 0 Å². The van der Waals surface area contributed by atoms with Gasteiger partial charge in [-0.15, -0.1) is 0 Å². The summed E-state index contributed by atoms with van der Waals surface area (Å²) in [4.78, 5) is 10.7. The first-order valence-electron chi connectivity index (χ1n) is 4.80. The summed E-state index contributed by atoms with van der Waals surface area (Å²) in [5.41, 5.74) is 0.807. The molecule has 94 valence electrons. The van der Waals surface area contributed by atoms with Crippen LogP contribution in [0, 0.1) is 0 Å². The molecule has 1 heterocycles. The van der Waals surface area contributed by atoms with Crippen molar-refractivity contribution in [2.75, 3.05) is 7.11 Å². The SMILES string of the molecule is COc1cc(Br)c(-c2cc(C(=O)O)on2)cc1O. The van der Waals surface area contributed by atoms with Crippen LogP contribution < -0.4 is 4.74 Å². The van der Waals surface area contributed by atoms with E-state index in [2.05, 4.69) is 25.6 Å². The second kappa shape index (κ2) is 4.69. The number of carboxylic acid groups (broad SMARTS) is 1. The normalized spacial score (nSPS) is 10.3. The molecule has 0 radical (unpaired) electrons. The van der Waals surface area contributed by atoms with E-state index in [1.807, 2.05) is 0 Å². The smallest absolute Gasteiger partial charge is 0.374 e. The lowest BCUT2D eigenvalue weighted by atomic mass is 10.1. The Kier molecular flexibility index (Phi) is 3.24. The molecule has 18 heavy (non-hydrogen) atoms. The highest BCUT2D eigenvalue weighted by molar-refractivity contribution is 9.10. The fourth-order valence-electron chi connectivity index (χ4n) is 1.41. The average Bonchev–Trinajstić information content (AvgIpc) is 2.81. The Bertz CT molecular complexity index is 607. The van der Waals surface area contributed by atoms with Crippen LogP contribution in [0.4, 0.5) is 0 Å². The molecule has 7 heteroatoms. The fourth-order valence-corrected chi connectivity index (χ4v) is 1.93. The molecule has 2 N–H and O–H groups in total. The second-order valence-electron chi connectivity index (χ2n) is 3.39. The Hall–Kier alpha value is -2.02. The zero-order valence-electron chi connectivity index (χ0n) is 9.18. The van der Waals surface area contributed by atoms with Gasteiger partial charge >= 0.3 is 5.97 Å². The molecule has 0 saturated carbocycles. The van der Waals surface area contributed by atoms with Crippen LogP contribution in [0.25, 0.3) is 11.3 Å². The average molecular weight is 314 g/mol. The van der Waals surface area contributed by atoms with Crippen LogP contribution in [0.5, 0.6) is 11.5 Å². The van der Waals surface area contributed by atoms with Crippen LogP contribution in [0.2, 0.25) is 0 Å². The van der Waals surface area contributed by atoms with Gasteiger partial charge in [-0.25, -0.2) is 4.79 Å². The largest absolute Gasteiger partial charge is 0.504 e. The minimum atomic E-state index is -1.21. The Balaban J connectivity index is 2.50. The number of phenols is 1. The van der Waals surface area contributed by atoms with Crippen LogP contribution in [-0.4, -0.2) is 28.4 Å². The molecular weight excluding hydrogens is 306 g/mol. The third-order valence-electron chi connectivity index (χ3n) is 2.27. The van der Waals surface area contributed by atoms with Gasteiger partial charge in [-0.05, 0) is 28.1 Å². The number of aromatic nitrogens is 1. The molecule has 1 aromatic heterocycles. The van der Waals surface area contributed by atoms with Gasteiger partial charge in [0, 0.05) is 16.1 Å². The number of carbonyl (C=O) groups is 1. The Morgan fingerprint density at radius 3 is 2.72 bits per heavy atom. The molecule has 0 spiro atoms. The van der Waals surface area contributed by atoms with Gasteiger partial charge in [0.2, 0.25) is 5.76 Å². The minimum Gasteiger partial charge on any atom is -0.504 e. The number of carboxylic acids is 1. The maximum atomic E-state index is 10.7. The molecule has 0 fully saturated rings. The zero-order valence-corrected chi connectivity index (χ0v) is 10.8. The number of rotatable bonds is 3. The summed E-state index contributed by atoms with van der Waals surface area (Å²) in [6, 6.07) is 4.24. The van der Waals surface area contributed by atoms with Crippen molar-refractivity contribution in [3.8, 4) is 22.8 Å². The van der Waals surface area contributed by atoms with Crippen LogP contribution in [0.1, 0.15) is 10.6 Å². The predicted octanol–water partition coefficient (Wildman–Crippen LogP) is 2.52. The zero-order chi connectivity index (χ0) is 13.3. The van der Waals surface area contributed by atoms with E-state index in [0.29, 0.717) is 21.5 Å². The quantitative estimate of drug-likeness (QED) is 0.904. The van der Waals surface area contributed by atoms with Crippen molar-refractivity contribution < 1.29 is 24.3 Å². The molecule has 0 amide bonds. The Morgan fingerprint density at radius 1 is 1.44 bits per heavy atom. The molecule has 2 rings (SSSR count). The van der Waals surface area contributed by atoms with Gasteiger partial charge in [0.25, 0.3) is 0 Å². The van der Waals surface area contributed by atoms with Gasteiger partial charge in [-0.3, -0.25) is 0 Å². The molecule has 0 aliphatic heterocycles. The number of aromatic hydroxyl groups is 1. The number of hydrogen-bond donors (Lipinski definition) is 2. The van der Waals surface area contributed by atoms with E-state index in [0.717, 1.165) is 0 Å². The topological polar surface area (TPSA) is 92.8 Å². The lowest BCUT2D eigenvalue weighted by molar-refractivity contribution is 0.0652. The van der Waals surface area contributed by atoms with E-state index in [-0.39, 0.29) is 11.5 Å². The van der Waals surface area contributed by atoms with Crippen molar-refractivity contribution >= 4 is 21.9 Å². The van der Waals surface area contributed by atoms with Gasteiger partial charge in [-0.1, -0.05) is 5.16 Å². The van der Waals surface area contributed by atoms with Gasteiger partial charge < -0.3 is 19.5 Å². The fraction of sp³-hybridized carbons (Fsp3) is 0.0909. The minimum absolute atomic E-state index is 0.0735. The number of phenolic OH excluding ortho intramolecular Hbond substituents is 1. The van der Waals surface area contributed by atoms with Crippen molar-refractivity contribution in [1.29, 1.82) is 0 Å². The van der Waals surface area contributed by atoms with Crippen molar-refractivity contribution in [3.05, 3.63) is 28.4 Å². The molecule has 0 saturated heterocycles. The lowest BCUT2D eigenvalue weighted by Crippen LogP contribution is -1.91. The molecular formula is C11H8BrNO5. The third-order valence-corrected chi connectivity index (χ3v) is 2.92. The number of ether oxygens (including phenoxy) is 1. The highest BCUT2D eigenvalue weighted by Crippen LogP contribution is 2.37. The first-order chi connectivity index (χ1) is 8.52. The third kappa shape index (κ3) is 2.17. The highest BCUT2D eigenvalue weighted by atomic mass is 79.9. The molecule has 2 aromatic rings. The molecule has 0 unspecified atom stereocenters. The summed E-state index contributed by atoms with van der Waals surface area (Å²) in [6.45, 7) is 0. The van der Waals surface area contributed by atoms with Gasteiger partial charge in [0.05, 0.1) is 7.11 Å². The van der Waals surface area contributed by atoms with Crippen molar-refractivity contribution in [2.24, 2.45) is 0 Å². The Morgan fingerprint density at radius 2 is 2.17 bits per heavy atom. The summed E-state index contributed by atoms with van der Waals surface area (Å²) in [6.07, 6.45) is 0. The van der Waals surface area contributed by atoms with E-state index in [9.17, 15) is 9.90 Å². The number of benzene rings is 1. The van der Waals surface area contributed by atoms with Crippen LogP contribution >= 0.6 is 15.9 Å². The van der Waals surface area contributed by atoms with Crippen LogP contribution in [0.15, 0.2) is 27.2 Å². The molecule has 6 nitrogen and oxygen atoms in total. The maximum Gasteiger partial charge on any atom is 0.374 e. The molecule has 0 aliphatic rings. The molecule has 0 aliphatic carbocycles. The van der Waals surface area contributed by atoms with Gasteiger partial charge in [0.1, 0.15) is 5.69 Å². The number of nitrogens with zero attached hydrogens (tertiary/aromatic N) is 1. The van der Waals surface area contributed by atoms with Crippen molar-refractivity contribution in [3.63, 3.8) is 0 Å². The standard InChI is InChI=1S/C11H8BrNO5/c1-17-9-3-6(12)5(2-8(9)14)7-4-10(11(15)16)18-13-7/h2-4,14H,1H3,(H,15,16). The number of aromatic carboxylic acids is 1. The summed E-state index contributed by atoms with van der Waals surface area (Å²) in [7, 11) is 1.43. The molecule has 0 bridgehead atoms. The van der Waals surface area contributed by atoms with E-state index in [1.165, 1.54) is 19.2 Å². The summed E-state index contributed by atoms with van der Waals surface area (Å²) in [5, 5.41) is 22.0. The van der Waals surface area contributed by atoms with Gasteiger partial charge in [0.15, 0.2) is 11.5 Å². The van der Waals surface area contributed by atoms with E-state index in [4.69, 9.17) is 9.84 Å². The summed E-state index contributed by atoms with van der Waals surface area (Å²) >= 11 is 3.28. The van der Waals surface area contributed by atoms with Crippen molar-refractivity contribution in [2.45, 2.75) is 0 Å². The first kappa shape index (κ1) is 12.4. The number of hydrogen-bond acceptors (Lipinski definition) is 5. The van der Waals surface area contributed by atoms with Crippen LogP contribution in [0.3, 0.4) is 0 Å². The number of halogens is 1. The number of methoxy groups -OCH3 is 1. The lowest BCUT2D eigenvalue weighted by Gasteiger charge is -2.06. The summed E-state index contributed by atoms with van der Waals surface area (Å²) in [5.74, 6) is -1.25. The molecule has 1 aromatic carbocycles. The van der Waals surface area contributed by atoms with E-state index < -0.39 is 5.97 Å². The summed E-state index contributed by atoms with van der Waals surface area (Å²) < 4.78 is 10.2. The second-order valence-corrected chi connectivity index (χ2v) is 4.24. The predicted molar refractivity (Wildman–Crippen MR) is 64.8 cm³/mol. The monoisotopic (exact) mass is 313 g/mol. The van der Waals surface area contributed by atoms with Crippen LogP contribution in [-0.2, 0) is 0 Å². The highest BCUT2D eigenvalue weighted by Gasteiger charge is 2.16.